The summed E-state index contributed by atoms with van der Waals surface area (Å²) in [6, 6.07) is 0.394. The molecule has 2 aliphatic heterocycles. The summed E-state index contributed by atoms with van der Waals surface area (Å²) in [4.78, 5) is 4.38. The molecule has 2 fully saturated rings. The molecule has 3 rings (SSSR count). The van der Waals surface area contributed by atoms with E-state index in [4.69, 9.17) is 4.74 Å². The molecule has 7 heteroatoms. The third-order valence-corrected chi connectivity index (χ3v) is 5.11. The van der Waals surface area contributed by atoms with Gasteiger partial charge in [-0.05, 0) is 32.1 Å². The lowest BCUT2D eigenvalue weighted by Gasteiger charge is -2.22. The van der Waals surface area contributed by atoms with E-state index < -0.39 is 0 Å². The van der Waals surface area contributed by atoms with Crippen LogP contribution in [0, 0.1) is 0 Å². The van der Waals surface area contributed by atoms with Crippen LogP contribution in [-0.4, -0.2) is 41.0 Å². The molecule has 2 aliphatic rings. The van der Waals surface area contributed by atoms with Gasteiger partial charge in [0.2, 0.25) is 0 Å². The van der Waals surface area contributed by atoms with Gasteiger partial charge in [0, 0.05) is 31.9 Å². The highest BCUT2D eigenvalue weighted by molar-refractivity contribution is 14.0. The average Bonchev–Trinajstić information content (AvgIpc) is 3.24. The van der Waals surface area contributed by atoms with Gasteiger partial charge in [-0.3, -0.25) is 9.67 Å². The van der Waals surface area contributed by atoms with Crippen molar-refractivity contribution >= 4 is 29.9 Å². The number of halogens is 1. The summed E-state index contributed by atoms with van der Waals surface area (Å²) >= 11 is 0. The predicted octanol–water partition coefficient (Wildman–Crippen LogP) is 2.15. The van der Waals surface area contributed by atoms with Gasteiger partial charge in [-0.1, -0.05) is 13.8 Å². The van der Waals surface area contributed by atoms with Crippen LogP contribution < -0.4 is 10.6 Å². The van der Waals surface area contributed by atoms with E-state index in [-0.39, 0.29) is 24.0 Å². The van der Waals surface area contributed by atoms with Gasteiger partial charge in [0.1, 0.15) is 0 Å². The Morgan fingerprint density at radius 3 is 2.67 bits per heavy atom. The molecule has 136 valence electrons. The molecule has 0 saturated carbocycles. The molecule has 2 bridgehead atoms. The van der Waals surface area contributed by atoms with E-state index in [0.717, 1.165) is 31.8 Å². The smallest absolute Gasteiger partial charge is 0.191 e. The second-order valence-corrected chi connectivity index (χ2v) is 6.49. The highest BCUT2D eigenvalue weighted by Crippen LogP contribution is 2.34. The summed E-state index contributed by atoms with van der Waals surface area (Å²) in [6.07, 6.45) is 6.23. The van der Waals surface area contributed by atoms with E-state index in [1.54, 1.807) is 0 Å². The quantitative estimate of drug-likeness (QED) is 0.413. The molecule has 6 nitrogen and oxygen atoms in total. The van der Waals surface area contributed by atoms with Crippen molar-refractivity contribution < 1.29 is 4.74 Å². The minimum Gasteiger partial charge on any atom is -0.373 e. The number of aryl methyl sites for hydroxylation is 2. The summed E-state index contributed by atoms with van der Waals surface area (Å²) < 4.78 is 7.92. The summed E-state index contributed by atoms with van der Waals surface area (Å²) in [7, 11) is 3.86. The maximum Gasteiger partial charge on any atom is 0.191 e. The topological polar surface area (TPSA) is 63.5 Å². The van der Waals surface area contributed by atoms with Gasteiger partial charge in [-0.2, -0.15) is 5.10 Å². The fourth-order valence-corrected chi connectivity index (χ4v) is 3.93. The van der Waals surface area contributed by atoms with Gasteiger partial charge in [-0.25, -0.2) is 0 Å². The number of fused-ring (bicyclic) bond motifs is 2. The molecule has 0 radical (unpaired) electrons. The van der Waals surface area contributed by atoms with Crippen LogP contribution in [0.4, 0.5) is 0 Å². The number of ether oxygens (including phenoxy) is 1. The van der Waals surface area contributed by atoms with Crippen molar-refractivity contribution in [2.45, 2.75) is 70.7 Å². The van der Waals surface area contributed by atoms with Crippen LogP contribution in [0.25, 0.3) is 0 Å². The molecule has 0 aromatic carbocycles. The molecule has 0 amide bonds. The highest BCUT2D eigenvalue weighted by Gasteiger charge is 2.41. The number of aliphatic imine (C=N–C) groups is 1. The zero-order chi connectivity index (χ0) is 16.4. The average molecular weight is 447 g/mol. The van der Waals surface area contributed by atoms with Gasteiger partial charge in [0.25, 0.3) is 0 Å². The highest BCUT2D eigenvalue weighted by atomic mass is 127. The van der Waals surface area contributed by atoms with Gasteiger partial charge in [0.15, 0.2) is 5.96 Å². The summed E-state index contributed by atoms with van der Waals surface area (Å²) in [5.41, 5.74) is 3.79. The lowest BCUT2D eigenvalue weighted by atomic mass is 9.96. The molecule has 3 heterocycles. The third kappa shape index (κ3) is 3.87. The summed E-state index contributed by atoms with van der Waals surface area (Å²) in [6.45, 7) is 5.10. The van der Waals surface area contributed by atoms with Crippen molar-refractivity contribution in [3.05, 3.63) is 17.0 Å². The van der Waals surface area contributed by atoms with Crippen LogP contribution in [0.2, 0.25) is 0 Å². The predicted molar refractivity (Wildman–Crippen MR) is 107 cm³/mol. The fourth-order valence-electron chi connectivity index (χ4n) is 3.93. The first-order valence-corrected chi connectivity index (χ1v) is 8.82. The largest absolute Gasteiger partial charge is 0.373 e. The zero-order valence-corrected chi connectivity index (χ0v) is 17.5. The first-order chi connectivity index (χ1) is 11.2. The van der Waals surface area contributed by atoms with Crippen molar-refractivity contribution in [2.24, 2.45) is 12.0 Å². The number of guanidine groups is 1. The number of rotatable bonds is 5. The molecule has 0 aliphatic carbocycles. The molecule has 0 spiro atoms. The Kier molecular flexibility index (Phi) is 6.91. The Hall–Kier alpha value is -0.830. The van der Waals surface area contributed by atoms with Crippen molar-refractivity contribution in [3.63, 3.8) is 0 Å². The van der Waals surface area contributed by atoms with E-state index in [1.165, 1.54) is 29.8 Å². The van der Waals surface area contributed by atoms with Gasteiger partial charge < -0.3 is 15.4 Å². The number of hydrogen-bond donors (Lipinski definition) is 2. The number of nitrogens with zero attached hydrogens (tertiary/aromatic N) is 3. The summed E-state index contributed by atoms with van der Waals surface area (Å²) in [5, 5.41) is 11.6. The lowest BCUT2D eigenvalue weighted by molar-refractivity contribution is 0.0992. The van der Waals surface area contributed by atoms with E-state index in [1.807, 2.05) is 18.8 Å². The Morgan fingerprint density at radius 2 is 2.12 bits per heavy atom. The Morgan fingerprint density at radius 1 is 1.33 bits per heavy atom. The van der Waals surface area contributed by atoms with E-state index in [2.05, 4.69) is 34.6 Å². The zero-order valence-electron chi connectivity index (χ0n) is 15.1. The van der Waals surface area contributed by atoms with Crippen molar-refractivity contribution in [2.75, 3.05) is 7.05 Å². The van der Waals surface area contributed by atoms with E-state index >= 15 is 0 Å². The standard InChI is InChI=1S/C17H29N5O.HI/c1-5-13-12(15(6-2)22(4)21-13)10-19-17(18-3)20-14-9-11-7-8-16(14)23-11;/h11,14,16H,5-10H2,1-4H3,(H2,18,19,20);1H. The van der Waals surface area contributed by atoms with Crippen LogP contribution in [0.1, 0.15) is 50.1 Å². The second-order valence-electron chi connectivity index (χ2n) is 6.49. The monoisotopic (exact) mass is 447 g/mol. The normalized spacial score (nSPS) is 25.7. The molecule has 3 unspecified atom stereocenters. The molecule has 1 aromatic rings. The van der Waals surface area contributed by atoms with Crippen LogP contribution >= 0.6 is 24.0 Å². The number of hydrogen-bond acceptors (Lipinski definition) is 3. The van der Waals surface area contributed by atoms with Gasteiger partial charge in [-0.15, -0.1) is 24.0 Å². The minimum atomic E-state index is 0. The van der Waals surface area contributed by atoms with Crippen LogP contribution in [0.15, 0.2) is 4.99 Å². The third-order valence-electron chi connectivity index (χ3n) is 5.11. The molecule has 2 saturated heterocycles. The van der Waals surface area contributed by atoms with Crippen molar-refractivity contribution in [1.29, 1.82) is 0 Å². The van der Waals surface area contributed by atoms with Crippen LogP contribution in [-0.2, 0) is 31.2 Å². The van der Waals surface area contributed by atoms with Gasteiger partial charge in [0.05, 0.1) is 23.9 Å². The van der Waals surface area contributed by atoms with Gasteiger partial charge >= 0.3 is 0 Å². The Bertz CT molecular complexity index is 586. The lowest BCUT2D eigenvalue weighted by Crippen LogP contribution is -2.47. The molecule has 2 N–H and O–H groups in total. The van der Waals surface area contributed by atoms with Crippen molar-refractivity contribution in [1.82, 2.24) is 20.4 Å². The Labute approximate surface area is 161 Å². The fraction of sp³-hybridized carbons (Fsp3) is 0.765. The number of aromatic nitrogens is 2. The minimum absolute atomic E-state index is 0. The molecule has 3 atom stereocenters. The maximum absolute atomic E-state index is 5.91. The Balaban J connectivity index is 0.00000208. The number of nitrogens with one attached hydrogen (secondary N) is 2. The molecule has 1 aromatic heterocycles. The SMILES string of the molecule is CCc1nn(C)c(CC)c1CNC(=NC)NC1CC2CCC1O2.I. The van der Waals surface area contributed by atoms with Crippen molar-refractivity contribution in [3.8, 4) is 0 Å². The molecular weight excluding hydrogens is 417 g/mol. The first kappa shape index (κ1) is 19.5. The summed E-state index contributed by atoms with van der Waals surface area (Å²) in [5.74, 6) is 0.860. The molecule has 24 heavy (non-hydrogen) atoms. The van der Waals surface area contributed by atoms with E-state index in [0.29, 0.717) is 18.2 Å². The first-order valence-electron chi connectivity index (χ1n) is 8.82. The van der Waals surface area contributed by atoms with Crippen LogP contribution in [0.3, 0.4) is 0 Å². The maximum atomic E-state index is 5.91. The van der Waals surface area contributed by atoms with Crippen LogP contribution in [0.5, 0.6) is 0 Å². The second kappa shape index (κ2) is 8.51. The molecular formula is C17H30IN5O. The van der Waals surface area contributed by atoms with E-state index in [9.17, 15) is 0 Å².